The first-order chi connectivity index (χ1) is 13.0. The zero-order valence-corrected chi connectivity index (χ0v) is 15.2. The molecule has 0 fully saturated rings. The number of carbonyl (C=O) groups excluding carboxylic acids is 3. The number of esters is 1. The fraction of sp³-hybridized carbons (Fsp3) is 0.250. The fourth-order valence-electron chi connectivity index (χ4n) is 2.09. The summed E-state index contributed by atoms with van der Waals surface area (Å²) in [5.74, 6) is -0.691. The minimum absolute atomic E-state index is 0.280. The van der Waals surface area contributed by atoms with Crippen LogP contribution in [0, 0.1) is 5.92 Å². The predicted molar refractivity (Wildman–Crippen MR) is 101 cm³/mol. The third kappa shape index (κ3) is 6.81. The number of amides is 2. The van der Waals surface area contributed by atoms with Gasteiger partial charge in [-0.25, -0.2) is 4.79 Å². The van der Waals surface area contributed by atoms with E-state index in [0.717, 1.165) is 0 Å². The van der Waals surface area contributed by atoms with Crippen molar-refractivity contribution >= 4 is 29.5 Å². The van der Waals surface area contributed by atoms with Crippen molar-refractivity contribution in [1.29, 1.82) is 0 Å². The molecule has 1 aromatic heterocycles. The molecule has 0 atom stereocenters. The summed E-state index contributed by atoms with van der Waals surface area (Å²) >= 11 is 0. The second-order valence-corrected chi connectivity index (χ2v) is 6.15. The third-order valence-electron chi connectivity index (χ3n) is 3.39. The standard InChI is InChI=1S/C20H22N2O5/c1-14(2)12-21-20(25)16-7-3-4-8-17(16)22-18(23)13-27-19(24)10-9-15-6-5-11-26-15/h3-11,14H,12-13H2,1-2H3,(H,21,25)(H,22,23)/b10-9+. The van der Waals surface area contributed by atoms with Gasteiger partial charge in [-0.2, -0.15) is 0 Å². The van der Waals surface area contributed by atoms with Crippen molar-refractivity contribution in [2.24, 2.45) is 5.92 Å². The minimum Gasteiger partial charge on any atom is -0.465 e. The van der Waals surface area contributed by atoms with Crippen LogP contribution in [0.25, 0.3) is 6.08 Å². The number of hydrogen-bond donors (Lipinski definition) is 2. The van der Waals surface area contributed by atoms with Gasteiger partial charge in [-0.15, -0.1) is 0 Å². The molecular weight excluding hydrogens is 348 g/mol. The number of furan rings is 1. The van der Waals surface area contributed by atoms with Crippen molar-refractivity contribution in [3.63, 3.8) is 0 Å². The van der Waals surface area contributed by atoms with Gasteiger partial charge in [0.05, 0.1) is 17.5 Å². The van der Waals surface area contributed by atoms with Crippen LogP contribution in [0.15, 0.2) is 53.2 Å². The van der Waals surface area contributed by atoms with Gasteiger partial charge in [0.25, 0.3) is 11.8 Å². The number of benzene rings is 1. The largest absolute Gasteiger partial charge is 0.465 e. The Morgan fingerprint density at radius 2 is 1.93 bits per heavy atom. The molecule has 2 amide bonds. The van der Waals surface area contributed by atoms with Crippen LogP contribution < -0.4 is 10.6 Å². The molecule has 0 aliphatic carbocycles. The number of carbonyl (C=O) groups is 3. The molecule has 0 saturated carbocycles. The molecule has 0 radical (unpaired) electrons. The predicted octanol–water partition coefficient (Wildman–Crippen LogP) is 2.86. The topological polar surface area (TPSA) is 97.6 Å². The Hall–Kier alpha value is -3.35. The molecule has 0 spiro atoms. The molecule has 7 heteroatoms. The lowest BCUT2D eigenvalue weighted by molar-refractivity contribution is -0.142. The van der Waals surface area contributed by atoms with Crippen LogP contribution in [-0.4, -0.2) is 30.9 Å². The molecule has 0 aliphatic heterocycles. The zero-order valence-electron chi connectivity index (χ0n) is 15.2. The van der Waals surface area contributed by atoms with Gasteiger partial charge in [0.1, 0.15) is 5.76 Å². The first-order valence-electron chi connectivity index (χ1n) is 8.51. The first kappa shape index (κ1) is 20.0. The Labute approximate surface area is 157 Å². The van der Waals surface area contributed by atoms with Gasteiger partial charge >= 0.3 is 5.97 Å². The number of anilines is 1. The number of rotatable bonds is 8. The van der Waals surface area contributed by atoms with Crippen molar-refractivity contribution in [3.8, 4) is 0 Å². The van der Waals surface area contributed by atoms with E-state index in [-0.39, 0.29) is 5.91 Å². The van der Waals surface area contributed by atoms with E-state index in [0.29, 0.717) is 29.5 Å². The van der Waals surface area contributed by atoms with Crippen molar-refractivity contribution in [2.45, 2.75) is 13.8 Å². The number of ether oxygens (including phenoxy) is 1. The van der Waals surface area contributed by atoms with Gasteiger partial charge in [0.15, 0.2) is 6.61 Å². The van der Waals surface area contributed by atoms with Crippen LogP contribution in [-0.2, 0) is 14.3 Å². The van der Waals surface area contributed by atoms with Crippen molar-refractivity contribution in [2.75, 3.05) is 18.5 Å². The number of hydrogen-bond acceptors (Lipinski definition) is 5. The van der Waals surface area contributed by atoms with Crippen molar-refractivity contribution in [1.82, 2.24) is 5.32 Å². The molecule has 142 valence electrons. The summed E-state index contributed by atoms with van der Waals surface area (Å²) in [6.45, 7) is 4.04. The highest BCUT2D eigenvalue weighted by Crippen LogP contribution is 2.15. The monoisotopic (exact) mass is 370 g/mol. The molecule has 1 aromatic carbocycles. The molecule has 0 saturated heterocycles. The Morgan fingerprint density at radius 3 is 2.63 bits per heavy atom. The summed E-state index contributed by atoms with van der Waals surface area (Å²) in [4.78, 5) is 35.9. The SMILES string of the molecule is CC(C)CNC(=O)c1ccccc1NC(=O)COC(=O)/C=C/c1ccco1. The summed E-state index contributed by atoms with van der Waals surface area (Å²) < 4.78 is 9.92. The van der Waals surface area contributed by atoms with E-state index in [2.05, 4.69) is 10.6 Å². The summed E-state index contributed by atoms with van der Waals surface area (Å²) in [5.41, 5.74) is 0.696. The van der Waals surface area contributed by atoms with Gasteiger partial charge in [-0.05, 0) is 36.3 Å². The molecule has 27 heavy (non-hydrogen) atoms. The Bertz CT molecular complexity index is 810. The normalized spacial score (nSPS) is 10.8. The smallest absolute Gasteiger partial charge is 0.331 e. The lowest BCUT2D eigenvalue weighted by Crippen LogP contribution is -2.29. The number of para-hydroxylation sites is 1. The second-order valence-electron chi connectivity index (χ2n) is 6.15. The lowest BCUT2D eigenvalue weighted by Gasteiger charge is -2.12. The lowest BCUT2D eigenvalue weighted by atomic mass is 10.1. The van der Waals surface area contributed by atoms with Gasteiger partial charge in [0.2, 0.25) is 0 Å². The quantitative estimate of drug-likeness (QED) is 0.550. The van der Waals surface area contributed by atoms with Crippen LogP contribution in [0.4, 0.5) is 5.69 Å². The Kier molecular flexibility index (Phi) is 7.37. The fourth-order valence-corrected chi connectivity index (χ4v) is 2.09. The van der Waals surface area contributed by atoms with Crippen molar-refractivity contribution in [3.05, 3.63) is 60.1 Å². The van der Waals surface area contributed by atoms with Gasteiger partial charge < -0.3 is 19.8 Å². The molecule has 2 rings (SSSR count). The van der Waals surface area contributed by atoms with Crippen LogP contribution in [0.5, 0.6) is 0 Å². The Morgan fingerprint density at radius 1 is 1.15 bits per heavy atom. The van der Waals surface area contributed by atoms with E-state index in [1.807, 2.05) is 13.8 Å². The van der Waals surface area contributed by atoms with E-state index < -0.39 is 18.5 Å². The second kappa shape index (κ2) is 9.96. The summed E-state index contributed by atoms with van der Waals surface area (Å²) in [7, 11) is 0. The average Bonchev–Trinajstić information content (AvgIpc) is 3.17. The van der Waals surface area contributed by atoms with Crippen LogP contribution >= 0.6 is 0 Å². The summed E-state index contributed by atoms with van der Waals surface area (Å²) in [5, 5.41) is 5.38. The van der Waals surface area contributed by atoms with Crippen LogP contribution in [0.1, 0.15) is 30.0 Å². The molecular formula is C20H22N2O5. The van der Waals surface area contributed by atoms with Gasteiger partial charge in [0, 0.05) is 12.6 Å². The molecule has 2 aromatic rings. The molecule has 0 unspecified atom stereocenters. The third-order valence-corrected chi connectivity index (χ3v) is 3.39. The number of nitrogens with one attached hydrogen (secondary N) is 2. The van der Waals surface area contributed by atoms with E-state index in [4.69, 9.17) is 9.15 Å². The van der Waals surface area contributed by atoms with E-state index in [1.165, 1.54) is 18.4 Å². The zero-order chi connectivity index (χ0) is 19.6. The van der Waals surface area contributed by atoms with Gasteiger partial charge in [-0.1, -0.05) is 26.0 Å². The molecule has 7 nitrogen and oxygen atoms in total. The highest BCUT2D eigenvalue weighted by Gasteiger charge is 2.14. The van der Waals surface area contributed by atoms with Crippen LogP contribution in [0.3, 0.4) is 0 Å². The summed E-state index contributed by atoms with van der Waals surface area (Å²) in [6.07, 6.45) is 4.08. The van der Waals surface area contributed by atoms with Crippen molar-refractivity contribution < 1.29 is 23.5 Å². The molecule has 1 heterocycles. The van der Waals surface area contributed by atoms with E-state index >= 15 is 0 Å². The maximum atomic E-state index is 12.2. The highest BCUT2D eigenvalue weighted by atomic mass is 16.5. The minimum atomic E-state index is -0.676. The summed E-state index contributed by atoms with van der Waals surface area (Å²) in [6, 6.07) is 10.0. The van der Waals surface area contributed by atoms with Gasteiger partial charge in [-0.3, -0.25) is 9.59 Å². The maximum Gasteiger partial charge on any atom is 0.331 e. The molecule has 0 aliphatic rings. The van der Waals surface area contributed by atoms with E-state index in [9.17, 15) is 14.4 Å². The van der Waals surface area contributed by atoms with Crippen LogP contribution in [0.2, 0.25) is 0 Å². The highest BCUT2D eigenvalue weighted by molar-refractivity contribution is 6.04. The molecule has 0 bridgehead atoms. The molecule has 2 N–H and O–H groups in total. The first-order valence-corrected chi connectivity index (χ1v) is 8.51. The van der Waals surface area contributed by atoms with E-state index in [1.54, 1.807) is 36.4 Å². The average molecular weight is 370 g/mol. The Balaban J connectivity index is 1.88. The maximum absolute atomic E-state index is 12.2.